The van der Waals surface area contributed by atoms with Crippen LogP contribution in [0.15, 0.2) is 0 Å². The second-order valence-electron chi connectivity index (χ2n) is 4.59. The number of hydrogen-bond donors (Lipinski definition) is 1. The Morgan fingerprint density at radius 1 is 1.50 bits per heavy atom. The molecule has 1 N–H and O–H groups in total. The molecule has 1 saturated carbocycles. The van der Waals surface area contributed by atoms with E-state index in [1.165, 1.54) is 0 Å². The van der Waals surface area contributed by atoms with Gasteiger partial charge in [0.15, 0.2) is 16.9 Å². The summed E-state index contributed by atoms with van der Waals surface area (Å²) in [5.74, 6) is -0.530. The van der Waals surface area contributed by atoms with Crippen molar-refractivity contribution in [1.29, 1.82) is 0 Å². The van der Waals surface area contributed by atoms with Crippen LogP contribution in [-0.4, -0.2) is 32.0 Å². The van der Waals surface area contributed by atoms with Gasteiger partial charge in [0.25, 0.3) is 0 Å². The van der Waals surface area contributed by atoms with E-state index in [0.29, 0.717) is 13.0 Å². The lowest BCUT2D eigenvalue weighted by atomic mass is 10.2. The molecule has 82 valence electrons. The maximum atomic E-state index is 11.0. The van der Waals surface area contributed by atoms with Crippen LogP contribution in [0.2, 0.25) is 0 Å². The van der Waals surface area contributed by atoms with Crippen molar-refractivity contribution in [3.8, 4) is 0 Å². The van der Waals surface area contributed by atoms with Crippen molar-refractivity contribution in [2.24, 2.45) is 0 Å². The van der Waals surface area contributed by atoms with Crippen molar-refractivity contribution in [2.45, 2.75) is 49.7 Å². The van der Waals surface area contributed by atoms with Crippen LogP contribution in [0.1, 0.15) is 33.1 Å². The minimum atomic E-state index is -1.72. The number of hydrogen-bond acceptors (Lipinski definition) is 3. The molecule has 4 nitrogen and oxygen atoms in total. The first-order chi connectivity index (χ1) is 6.44. The van der Waals surface area contributed by atoms with Crippen LogP contribution < -0.4 is 0 Å². The average molecular weight is 220 g/mol. The molecule has 0 spiro atoms. The van der Waals surface area contributed by atoms with Gasteiger partial charge in [-0.3, -0.25) is 0 Å². The smallest absolute Gasteiger partial charge is 0.163 e. The summed E-state index contributed by atoms with van der Waals surface area (Å²) in [5.41, 5.74) is 0. The van der Waals surface area contributed by atoms with Gasteiger partial charge in [-0.15, -0.1) is 0 Å². The molecule has 0 amide bonds. The van der Waals surface area contributed by atoms with Crippen LogP contribution in [0.4, 0.5) is 0 Å². The van der Waals surface area contributed by atoms with Crippen LogP contribution in [0.3, 0.4) is 0 Å². The quantitative estimate of drug-likeness (QED) is 0.728. The predicted octanol–water partition coefficient (Wildman–Crippen LogP) is 1.28. The molecule has 0 aromatic carbocycles. The molecular weight excluding hydrogens is 204 g/mol. The average Bonchev–Trinajstić information content (AvgIpc) is 2.74. The first kappa shape index (κ1) is 10.5. The first-order valence-electron chi connectivity index (χ1n) is 4.86. The summed E-state index contributed by atoms with van der Waals surface area (Å²) in [5, 5.41) is 0. The van der Waals surface area contributed by atoms with Crippen LogP contribution in [0, 0.1) is 0 Å². The molecule has 1 aliphatic carbocycles. The molecule has 1 heterocycles. The lowest BCUT2D eigenvalue weighted by molar-refractivity contribution is -0.139. The van der Waals surface area contributed by atoms with Gasteiger partial charge in [-0.05, 0) is 33.1 Å². The normalized spacial score (nSPS) is 35.5. The topological polar surface area (TPSA) is 55.8 Å². The highest BCUT2D eigenvalue weighted by atomic mass is 32.2. The van der Waals surface area contributed by atoms with E-state index in [4.69, 9.17) is 14.0 Å². The van der Waals surface area contributed by atoms with Gasteiger partial charge >= 0.3 is 0 Å². The molecule has 2 atom stereocenters. The predicted molar refractivity (Wildman–Crippen MR) is 52.3 cm³/mol. The molecule has 5 heteroatoms. The summed E-state index contributed by atoms with van der Waals surface area (Å²) in [6.07, 6.45) is 2.27. The number of rotatable bonds is 3. The Morgan fingerprint density at radius 3 is 2.50 bits per heavy atom. The van der Waals surface area contributed by atoms with Gasteiger partial charge in [0.05, 0.1) is 17.5 Å². The fourth-order valence-corrected chi connectivity index (χ4v) is 2.65. The summed E-state index contributed by atoms with van der Waals surface area (Å²) < 4.78 is 30.8. The molecule has 14 heavy (non-hydrogen) atoms. The summed E-state index contributed by atoms with van der Waals surface area (Å²) >= 11 is -1.72. The van der Waals surface area contributed by atoms with Gasteiger partial charge in [0.1, 0.15) is 0 Å². The Morgan fingerprint density at radius 2 is 2.14 bits per heavy atom. The molecule has 2 aliphatic rings. The lowest BCUT2D eigenvalue weighted by Gasteiger charge is -2.19. The summed E-state index contributed by atoms with van der Waals surface area (Å²) in [6, 6.07) is 0. The highest BCUT2D eigenvalue weighted by Gasteiger charge is 2.51. The summed E-state index contributed by atoms with van der Waals surface area (Å²) in [4.78, 5) is 0. The third kappa shape index (κ3) is 2.00. The van der Waals surface area contributed by atoms with Crippen molar-refractivity contribution in [3.63, 3.8) is 0 Å². The van der Waals surface area contributed by atoms with E-state index in [-0.39, 0.29) is 6.10 Å². The van der Waals surface area contributed by atoms with E-state index in [1.807, 2.05) is 13.8 Å². The van der Waals surface area contributed by atoms with Crippen molar-refractivity contribution in [2.75, 3.05) is 6.61 Å². The van der Waals surface area contributed by atoms with E-state index in [9.17, 15) is 4.21 Å². The molecule has 1 aliphatic heterocycles. The summed E-state index contributed by atoms with van der Waals surface area (Å²) in [7, 11) is 0. The standard InChI is InChI=1S/C9H16O4S/c1-8(2)12-6-7(13-8)5-9(3-4-9)14(10)11/h7H,3-6H2,1-2H3,(H,10,11)/t7-/m1/s1. The van der Waals surface area contributed by atoms with Gasteiger partial charge in [0.2, 0.25) is 0 Å². The van der Waals surface area contributed by atoms with E-state index in [2.05, 4.69) is 0 Å². The van der Waals surface area contributed by atoms with Crippen LogP contribution >= 0.6 is 0 Å². The molecule has 1 saturated heterocycles. The molecule has 0 aromatic heterocycles. The molecule has 2 fully saturated rings. The van der Waals surface area contributed by atoms with Gasteiger partial charge in [-0.25, -0.2) is 4.21 Å². The molecule has 0 bridgehead atoms. The Kier molecular flexibility index (Phi) is 2.46. The molecule has 2 rings (SSSR count). The molecule has 1 unspecified atom stereocenters. The van der Waals surface area contributed by atoms with Gasteiger partial charge in [-0.2, -0.15) is 0 Å². The highest BCUT2D eigenvalue weighted by Crippen LogP contribution is 2.46. The zero-order valence-electron chi connectivity index (χ0n) is 8.49. The maximum absolute atomic E-state index is 11.0. The van der Waals surface area contributed by atoms with E-state index < -0.39 is 21.6 Å². The van der Waals surface area contributed by atoms with Crippen molar-refractivity contribution >= 4 is 11.1 Å². The second-order valence-corrected chi connectivity index (χ2v) is 5.95. The minimum absolute atomic E-state index is 0.0244. The zero-order chi connectivity index (χ0) is 10.4. The van der Waals surface area contributed by atoms with Gasteiger partial charge in [-0.1, -0.05) is 0 Å². The zero-order valence-corrected chi connectivity index (χ0v) is 9.30. The molecular formula is C9H16O4S. The van der Waals surface area contributed by atoms with Gasteiger partial charge < -0.3 is 14.0 Å². The second kappa shape index (κ2) is 3.27. The van der Waals surface area contributed by atoms with E-state index >= 15 is 0 Å². The Labute approximate surface area is 86.3 Å². The van der Waals surface area contributed by atoms with Crippen molar-refractivity contribution < 1.29 is 18.2 Å². The fraction of sp³-hybridized carbons (Fsp3) is 1.00. The fourth-order valence-electron chi connectivity index (χ4n) is 1.87. The monoisotopic (exact) mass is 220 g/mol. The van der Waals surface area contributed by atoms with Gasteiger partial charge in [0, 0.05) is 0 Å². The minimum Gasteiger partial charge on any atom is -0.348 e. The molecule has 0 aromatic rings. The Hall–Kier alpha value is 0.0300. The first-order valence-corrected chi connectivity index (χ1v) is 5.97. The van der Waals surface area contributed by atoms with E-state index in [1.54, 1.807) is 0 Å². The van der Waals surface area contributed by atoms with Crippen LogP contribution in [0.5, 0.6) is 0 Å². The van der Waals surface area contributed by atoms with Crippen molar-refractivity contribution in [3.05, 3.63) is 0 Å². The lowest BCUT2D eigenvalue weighted by Crippen LogP contribution is -2.27. The SMILES string of the molecule is CC1(C)OC[C@@H](CC2(S(=O)O)CC2)O1. The largest absolute Gasteiger partial charge is 0.348 e. The van der Waals surface area contributed by atoms with E-state index in [0.717, 1.165) is 12.8 Å². The molecule has 0 radical (unpaired) electrons. The third-order valence-corrected chi connectivity index (χ3v) is 4.16. The summed E-state index contributed by atoms with van der Waals surface area (Å²) in [6.45, 7) is 4.26. The Balaban J connectivity index is 1.91. The van der Waals surface area contributed by atoms with Crippen LogP contribution in [0.25, 0.3) is 0 Å². The maximum Gasteiger partial charge on any atom is 0.163 e. The number of ether oxygens (including phenoxy) is 2. The third-order valence-electron chi connectivity index (χ3n) is 2.85. The van der Waals surface area contributed by atoms with Crippen molar-refractivity contribution in [1.82, 2.24) is 0 Å². The highest BCUT2D eigenvalue weighted by molar-refractivity contribution is 7.81. The van der Waals surface area contributed by atoms with Crippen LogP contribution in [-0.2, 0) is 20.6 Å². The Bertz CT molecular complexity index is 260.